The van der Waals surface area contributed by atoms with E-state index in [1.807, 2.05) is 0 Å². The quantitative estimate of drug-likeness (QED) is 0.941. The summed E-state index contributed by atoms with van der Waals surface area (Å²) < 4.78 is 53.7. The van der Waals surface area contributed by atoms with Crippen LogP contribution in [0.15, 0.2) is 47.4 Å². The number of halogens is 2. The average Bonchev–Trinajstić information content (AvgIpc) is 2.39. The molecular formula is C13H11F2NO3S. The third-order valence-corrected chi connectivity index (χ3v) is 3.48. The average molecular weight is 299 g/mol. The summed E-state index contributed by atoms with van der Waals surface area (Å²) in [5, 5.41) is 4.95. The zero-order valence-electron chi connectivity index (χ0n) is 10.2. The van der Waals surface area contributed by atoms with Crippen molar-refractivity contribution in [1.82, 2.24) is 0 Å². The Bertz CT molecular complexity index is 715. The summed E-state index contributed by atoms with van der Waals surface area (Å²) >= 11 is 0. The Morgan fingerprint density at radius 3 is 2.30 bits per heavy atom. The molecule has 0 amide bonds. The van der Waals surface area contributed by atoms with Gasteiger partial charge in [0, 0.05) is 5.56 Å². The first-order chi connectivity index (χ1) is 9.36. The molecule has 0 aliphatic rings. The summed E-state index contributed by atoms with van der Waals surface area (Å²) in [5.41, 5.74) is 0.0699. The molecule has 0 aliphatic carbocycles. The van der Waals surface area contributed by atoms with Crippen molar-refractivity contribution in [2.45, 2.75) is 11.5 Å². The van der Waals surface area contributed by atoms with Gasteiger partial charge in [-0.2, -0.15) is 0 Å². The highest BCUT2D eigenvalue weighted by atomic mass is 32.2. The minimum absolute atomic E-state index is 0.0539. The van der Waals surface area contributed by atoms with Crippen molar-refractivity contribution in [2.24, 2.45) is 5.14 Å². The number of ether oxygens (including phenoxy) is 1. The minimum atomic E-state index is -3.76. The number of nitrogens with two attached hydrogens (primary N) is 1. The molecule has 106 valence electrons. The van der Waals surface area contributed by atoms with E-state index in [0.29, 0.717) is 5.75 Å². The maximum absolute atomic E-state index is 13.4. The molecule has 0 atom stereocenters. The van der Waals surface area contributed by atoms with Crippen molar-refractivity contribution in [3.05, 3.63) is 59.7 Å². The summed E-state index contributed by atoms with van der Waals surface area (Å²) in [5.74, 6) is -0.816. The molecule has 0 aliphatic heterocycles. The third kappa shape index (κ3) is 3.52. The van der Waals surface area contributed by atoms with Gasteiger partial charge in [-0.3, -0.25) is 0 Å². The van der Waals surface area contributed by atoms with Gasteiger partial charge < -0.3 is 4.74 Å². The van der Waals surface area contributed by atoms with Gasteiger partial charge in [0.1, 0.15) is 24.0 Å². The monoisotopic (exact) mass is 299 g/mol. The second-order valence-corrected chi connectivity index (χ2v) is 5.60. The van der Waals surface area contributed by atoms with Gasteiger partial charge in [0.15, 0.2) is 0 Å². The van der Waals surface area contributed by atoms with Gasteiger partial charge >= 0.3 is 0 Å². The lowest BCUT2D eigenvalue weighted by atomic mass is 10.2. The van der Waals surface area contributed by atoms with E-state index >= 15 is 0 Å². The van der Waals surface area contributed by atoms with E-state index in [2.05, 4.69) is 0 Å². The summed E-state index contributed by atoms with van der Waals surface area (Å²) in [6, 6.07) is 8.37. The second-order valence-electron chi connectivity index (χ2n) is 4.04. The fourth-order valence-electron chi connectivity index (χ4n) is 1.54. The van der Waals surface area contributed by atoms with Gasteiger partial charge in [0.2, 0.25) is 10.0 Å². The number of hydrogen-bond acceptors (Lipinski definition) is 3. The molecule has 2 N–H and O–H groups in total. The molecule has 2 aromatic rings. The van der Waals surface area contributed by atoms with Crippen LogP contribution in [-0.4, -0.2) is 8.42 Å². The van der Waals surface area contributed by atoms with Crippen LogP contribution in [0.25, 0.3) is 0 Å². The minimum Gasteiger partial charge on any atom is -0.489 e. The van der Waals surface area contributed by atoms with Crippen LogP contribution in [0, 0.1) is 11.6 Å². The van der Waals surface area contributed by atoms with Crippen LogP contribution in [0.4, 0.5) is 8.78 Å². The Balaban J connectivity index is 2.10. The van der Waals surface area contributed by atoms with E-state index in [4.69, 9.17) is 9.88 Å². The predicted octanol–water partition coefficient (Wildman–Crippen LogP) is 2.19. The molecule has 7 heteroatoms. The molecule has 0 saturated carbocycles. The molecule has 4 nitrogen and oxygen atoms in total. The Kier molecular flexibility index (Phi) is 4.01. The van der Waals surface area contributed by atoms with E-state index in [9.17, 15) is 17.2 Å². The largest absolute Gasteiger partial charge is 0.489 e. The van der Waals surface area contributed by atoms with Crippen molar-refractivity contribution < 1.29 is 21.9 Å². The molecule has 0 fully saturated rings. The molecule has 0 saturated heterocycles. The van der Waals surface area contributed by atoms with Crippen molar-refractivity contribution in [3.63, 3.8) is 0 Å². The van der Waals surface area contributed by atoms with Gasteiger partial charge in [-0.15, -0.1) is 0 Å². The van der Waals surface area contributed by atoms with E-state index in [1.54, 1.807) is 0 Å². The molecule has 0 bridgehead atoms. The van der Waals surface area contributed by atoms with Crippen molar-refractivity contribution in [1.29, 1.82) is 0 Å². The molecular weight excluding hydrogens is 288 g/mol. The normalized spacial score (nSPS) is 11.3. The number of hydrogen-bond donors (Lipinski definition) is 1. The van der Waals surface area contributed by atoms with Crippen LogP contribution in [0.1, 0.15) is 5.56 Å². The summed E-state index contributed by atoms with van der Waals surface area (Å²) in [7, 11) is -3.76. The molecule has 2 rings (SSSR count). The van der Waals surface area contributed by atoms with Crippen LogP contribution in [-0.2, 0) is 16.6 Å². The van der Waals surface area contributed by atoms with E-state index in [0.717, 1.165) is 18.2 Å². The van der Waals surface area contributed by atoms with Gasteiger partial charge in [-0.25, -0.2) is 22.3 Å². The van der Waals surface area contributed by atoms with Crippen molar-refractivity contribution in [3.8, 4) is 5.75 Å². The predicted molar refractivity (Wildman–Crippen MR) is 68.5 cm³/mol. The first-order valence-corrected chi connectivity index (χ1v) is 7.10. The smallest absolute Gasteiger partial charge is 0.238 e. The van der Waals surface area contributed by atoms with Gasteiger partial charge in [0.25, 0.3) is 0 Å². The van der Waals surface area contributed by atoms with E-state index < -0.39 is 21.7 Å². The molecule has 0 heterocycles. The summed E-state index contributed by atoms with van der Waals surface area (Å²) in [4.78, 5) is -0.0539. The standard InChI is InChI=1S/C13H11F2NO3S/c14-10-1-6-13(15)9(7-10)8-19-11-2-4-12(5-3-11)20(16,17)18/h1-7H,8H2,(H2,16,17,18). The van der Waals surface area contributed by atoms with Crippen molar-refractivity contribution >= 4 is 10.0 Å². The summed E-state index contributed by atoms with van der Waals surface area (Å²) in [6.07, 6.45) is 0. The Morgan fingerprint density at radius 1 is 1.05 bits per heavy atom. The van der Waals surface area contributed by atoms with Crippen LogP contribution >= 0.6 is 0 Å². The third-order valence-electron chi connectivity index (χ3n) is 2.55. The van der Waals surface area contributed by atoms with Crippen LogP contribution in [0.2, 0.25) is 0 Å². The second kappa shape index (κ2) is 5.56. The fourth-order valence-corrected chi connectivity index (χ4v) is 2.06. The molecule has 0 radical (unpaired) electrons. The van der Waals surface area contributed by atoms with E-state index in [-0.39, 0.29) is 17.1 Å². The molecule has 0 aromatic heterocycles. The highest BCUT2D eigenvalue weighted by molar-refractivity contribution is 7.89. The zero-order chi connectivity index (χ0) is 14.8. The first-order valence-electron chi connectivity index (χ1n) is 5.56. The Labute approximate surface area is 114 Å². The van der Waals surface area contributed by atoms with E-state index in [1.165, 1.54) is 24.3 Å². The maximum Gasteiger partial charge on any atom is 0.238 e. The highest BCUT2D eigenvalue weighted by Gasteiger charge is 2.08. The maximum atomic E-state index is 13.4. The van der Waals surface area contributed by atoms with Gasteiger partial charge in [-0.1, -0.05) is 0 Å². The Morgan fingerprint density at radius 2 is 1.70 bits per heavy atom. The van der Waals surface area contributed by atoms with Crippen LogP contribution in [0.3, 0.4) is 0 Å². The highest BCUT2D eigenvalue weighted by Crippen LogP contribution is 2.17. The summed E-state index contributed by atoms with van der Waals surface area (Å²) in [6.45, 7) is -0.168. The molecule has 20 heavy (non-hydrogen) atoms. The lowest BCUT2D eigenvalue weighted by Crippen LogP contribution is -2.11. The van der Waals surface area contributed by atoms with Gasteiger partial charge in [-0.05, 0) is 42.5 Å². The molecule has 0 unspecified atom stereocenters. The number of sulfonamides is 1. The lowest BCUT2D eigenvalue weighted by Gasteiger charge is -2.08. The topological polar surface area (TPSA) is 69.4 Å². The SMILES string of the molecule is NS(=O)(=O)c1ccc(OCc2cc(F)ccc2F)cc1. The van der Waals surface area contributed by atoms with Gasteiger partial charge in [0.05, 0.1) is 4.90 Å². The number of rotatable bonds is 4. The zero-order valence-corrected chi connectivity index (χ0v) is 11.0. The number of benzene rings is 2. The lowest BCUT2D eigenvalue weighted by molar-refractivity contribution is 0.299. The van der Waals surface area contributed by atoms with Crippen LogP contribution in [0.5, 0.6) is 5.75 Å². The fraction of sp³-hybridized carbons (Fsp3) is 0.0769. The van der Waals surface area contributed by atoms with Crippen LogP contribution < -0.4 is 9.88 Å². The first kappa shape index (κ1) is 14.4. The molecule has 2 aromatic carbocycles. The molecule has 0 spiro atoms. The van der Waals surface area contributed by atoms with Crippen molar-refractivity contribution in [2.75, 3.05) is 0 Å². The number of primary sulfonamides is 1. The Hall–Kier alpha value is -1.99.